The van der Waals surface area contributed by atoms with Crippen LogP contribution in [0, 0.1) is 0 Å². The molecule has 1 aromatic carbocycles. The molecule has 2 heterocycles. The monoisotopic (exact) mass is 287 g/mol. The van der Waals surface area contributed by atoms with Crippen LogP contribution >= 0.6 is 23.4 Å². The van der Waals surface area contributed by atoms with Gasteiger partial charge >= 0.3 is 0 Å². The Kier molecular flexibility index (Phi) is 3.27. The summed E-state index contributed by atoms with van der Waals surface area (Å²) in [6.07, 6.45) is 3.50. The zero-order chi connectivity index (χ0) is 13.2. The van der Waals surface area contributed by atoms with Crippen molar-refractivity contribution in [1.82, 2.24) is 9.97 Å². The summed E-state index contributed by atoms with van der Waals surface area (Å²) in [5, 5.41) is 2.48. The molecule has 3 rings (SSSR count). The fourth-order valence-corrected chi connectivity index (χ4v) is 2.91. The molecule has 2 aromatic heterocycles. The first kappa shape index (κ1) is 12.3. The van der Waals surface area contributed by atoms with Crippen LogP contribution in [0.1, 0.15) is 0 Å². The standard InChI is InChI=1S/C14H10ClN3S/c15-11-2-1-6-18-14(11)19-13-5-7-17-12-8-9(16)3-4-10(12)13/h1-8H,16H2. The predicted molar refractivity (Wildman–Crippen MR) is 79.5 cm³/mol. The number of benzene rings is 1. The van der Waals surface area contributed by atoms with E-state index in [1.165, 1.54) is 11.8 Å². The highest BCUT2D eigenvalue weighted by Gasteiger charge is 2.07. The van der Waals surface area contributed by atoms with Gasteiger partial charge in [-0.25, -0.2) is 4.98 Å². The first-order valence-electron chi connectivity index (χ1n) is 5.66. The molecule has 0 fully saturated rings. The highest BCUT2D eigenvalue weighted by Crippen LogP contribution is 2.35. The summed E-state index contributed by atoms with van der Waals surface area (Å²) in [7, 11) is 0. The van der Waals surface area contributed by atoms with Crippen LogP contribution in [-0.4, -0.2) is 9.97 Å². The van der Waals surface area contributed by atoms with Crippen LogP contribution in [0.3, 0.4) is 0 Å². The zero-order valence-corrected chi connectivity index (χ0v) is 11.4. The van der Waals surface area contributed by atoms with E-state index < -0.39 is 0 Å². The maximum atomic E-state index is 6.13. The molecule has 0 aliphatic rings. The van der Waals surface area contributed by atoms with Gasteiger partial charge in [0.05, 0.1) is 10.5 Å². The van der Waals surface area contributed by atoms with Crippen LogP contribution in [-0.2, 0) is 0 Å². The lowest BCUT2D eigenvalue weighted by atomic mass is 10.2. The Bertz CT molecular complexity index is 746. The van der Waals surface area contributed by atoms with Crippen LogP contribution < -0.4 is 5.73 Å². The third kappa shape index (κ3) is 2.50. The van der Waals surface area contributed by atoms with Crippen molar-refractivity contribution in [2.24, 2.45) is 0 Å². The molecular formula is C14H10ClN3S. The molecule has 0 radical (unpaired) electrons. The van der Waals surface area contributed by atoms with Crippen molar-refractivity contribution in [2.45, 2.75) is 9.92 Å². The molecule has 3 aromatic rings. The number of hydrogen-bond acceptors (Lipinski definition) is 4. The summed E-state index contributed by atoms with van der Waals surface area (Å²) >= 11 is 7.66. The van der Waals surface area contributed by atoms with Crippen molar-refractivity contribution in [3.05, 3.63) is 53.8 Å². The van der Waals surface area contributed by atoms with E-state index in [0.717, 1.165) is 20.8 Å². The quantitative estimate of drug-likeness (QED) is 0.723. The predicted octanol–water partition coefficient (Wildman–Crippen LogP) is 4.02. The Morgan fingerprint density at radius 3 is 2.79 bits per heavy atom. The Morgan fingerprint density at radius 1 is 1.05 bits per heavy atom. The van der Waals surface area contributed by atoms with Gasteiger partial charge in [-0.2, -0.15) is 0 Å². The minimum absolute atomic E-state index is 0.646. The topological polar surface area (TPSA) is 51.8 Å². The van der Waals surface area contributed by atoms with Crippen molar-refractivity contribution in [1.29, 1.82) is 0 Å². The number of rotatable bonds is 2. The second kappa shape index (κ2) is 5.07. The summed E-state index contributed by atoms with van der Waals surface area (Å²) in [5.41, 5.74) is 7.35. The third-order valence-corrected chi connectivity index (χ3v) is 4.17. The van der Waals surface area contributed by atoms with E-state index in [0.29, 0.717) is 10.7 Å². The molecule has 0 saturated carbocycles. The van der Waals surface area contributed by atoms with Crippen LogP contribution in [0.2, 0.25) is 5.02 Å². The molecule has 0 aliphatic heterocycles. The van der Waals surface area contributed by atoms with E-state index in [2.05, 4.69) is 9.97 Å². The number of nitrogen functional groups attached to an aromatic ring is 1. The van der Waals surface area contributed by atoms with Gasteiger partial charge in [0, 0.05) is 28.4 Å². The number of fused-ring (bicyclic) bond motifs is 1. The zero-order valence-electron chi connectivity index (χ0n) is 9.88. The minimum atomic E-state index is 0.646. The number of halogens is 1. The lowest BCUT2D eigenvalue weighted by molar-refractivity contribution is 1.13. The lowest BCUT2D eigenvalue weighted by Crippen LogP contribution is -1.88. The molecular weight excluding hydrogens is 278 g/mol. The summed E-state index contributed by atoms with van der Waals surface area (Å²) in [6, 6.07) is 11.3. The maximum Gasteiger partial charge on any atom is 0.119 e. The molecule has 19 heavy (non-hydrogen) atoms. The van der Waals surface area contributed by atoms with E-state index >= 15 is 0 Å². The van der Waals surface area contributed by atoms with Crippen molar-refractivity contribution in [3.63, 3.8) is 0 Å². The van der Waals surface area contributed by atoms with Crippen LogP contribution in [0.25, 0.3) is 10.9 Å². The third-order valence-electron chi connectivity index (χ3n) is 2.66. The lowest BCUT2D eigenvalue weighted by Gasteiger charge is -2.06. The van der Waals surface area contributed by atoms with Gasteiger partial charge in [0.2, 0.25) is 0 Å². The van der Waals surface area contributed by atoms with Gasteiger partial charge in [0.1, 0.15) is 5.03 Å². The van der Waals surface area contributed by atoms with Gasteiger partial charge in [-0.15, -0.1) is 0 Å². The Labute approximate surface area is 119 Å². The molecule has 0 amide bonds. The first-order valence-corrected chi connectivity index (χ1v) is 6.86. The van der Waals surface area contributed by atoms with E-state index in [9.17, 15) is 0 Å². The highest BCUT2D eigenvalue weighted by atomic mass is 35.5. The summed E-state index contributed by atoms with van der Waals surface area (Å²) in [5.74, 6) is 0. The van der Waals surface area contributed by atoms with Gasteiger partial charge in [-0.1, -0.05) is 23.4 Å². The van der Waals surface area contributed by atoms with E-state index in [-0.39, 0.29) is 0 Å². The molecule has 0 spiro atoms. The summed E-state index contributed by atoms with van der Waals surface area (Å²) in [4.78, 5) is 9.66. The van der Waals surface area contributed by atoms with Crippen LogP contribution in [0.4, 0.5) is 5.69 Å². The molecule has 94 valence electrons. The van der Waals surface area contributed by atoms with Crippen LogP contribution in [0.15, 0.2) is 58.7 Å². The number of nitrogens with zero attached hydrogens (tertiary/aromatic N) is 2. The molecule has 3 nitrogen and oxygen atoms in total. The van der Waals surface area contributed by atoms with E-state index in [1.807, 2.05) is 36.4 Å². The van der Waals surface area contributed by atoms with Crippen molar-refractivity contribution in [2.75, 3.05) is 5.73 Å². The molecule has 0 unspecified atom stereocenters. The number of anilines is 1. The van der Waals surface area contributed by atoms with Gasteiger partial charge in [-0.3, -0.25) is 4.98 Å². The number of pyridine rings is 2. The second-order valence-corrected chi connectivity index (χ2v) is 5.42. The molecule has 0 aliphatic carbocycles. The van der Waals surface area contributed by atoms with Gasteiger partial charge in [0.25, 0.3) is 0 Å². The first-order chi connectivity index (χ1) is 9.24. The normalized spacial score (nSPS) is 10.8. The number of aromatic nitrogens is 2. The average Bonchev–Trinajstić information content (AvgIpc) is 2.41. The fraction of sp³-hybridized carbons (Fsp3) is 0. The number of nitrogens with two attached hydrogens (primary N) is 1. The molecule has 0 atom stereocenters. The van der Waals surface area contributed by atoms with Gasteiger partial charge in [-0.05, 0) is 36.4 Å². The Hall–Kier alpha value is -1.78. The van der Waals surface area contributed by atoms with E-state index in [4.69, 9.17) is 17.3 Å². The Morgan fingerprint density at radius 2 is 1.95 bits per heavy atom. The second-order valence-electron chi connectivity index (χ2n) is 3.98. The molecule has 5 heteroatoms. The minimum Gasteiger partial charge on any atom is -0.399 e. The molecule has 0 bridgehead atoms. The van der Waals surface area contributed by atoms with Gasteiger partial charge in [0.15, 0.2) is 0 Å². The van der Waals surface area contributed by atoms with Crippen molar-refractivity contribution >= 4 is 40.0 Å². The SMILES string of the molecule is Nc1ccc2c(Sc3ncccc3Cl)ccnc2c1. The summed E-state index contributed by atoms with van der Waals surface area (Å²) in [6.45, 7) is 0. The largest absolute Gasteiger partial charge is 0.399 e. The van der Waals surface area contributed by atoms with Gasteiger partial charge < -0.3 is 5.73 Å². The Balaban J connectivity index is 2.09. The maximum absolute atomic E-state index is 6.13. The fourth-order valence-electron chi connectivity index (χ4n) is 1.78. The highest BCUT2D eigenvalue weighted by molar-refractivity contribution is 7.99. The van der Waals surface area contributed by atoms with Crippen molar-refractivity contribution < 1.29 is 0 Å². The van der Waals surface area contributed by atoms with E-state index in [1.54, 1.807) is 12.4 Å². The molecule has 2 N–H and O–H groups in total. The average molecular weight is 288 g/mol. The summed E-state index contributed by atoms with van der Waals surface area (Å²) < 4.78 is 0. The van der Waals surface area contributed by atoms with Crippen LogP contribution in [0.5, 0.6) is 0 Å². The number of hydrogen-bond donors (Lipinski definition) is 1. The van der Waals surface area contributed by atoms with Crippen molar-refractivity contribution in [3.8, 4) is 0 Å². The smallest absolute Gasteiger partial charge is 0.119 e. The molecule has 0 saturated heterocycles.